The van der Waals surface area contributed by atoms with Gasteiger partial charge in [-0.2, -0.15) is 0 Å². The first kappa shape index (κ1) is 17.3. The summed E-state index contributed by atoms with van der Waals surface area (Å²) in [5.74, 6) is 0.773. The monoisotopic (exact) mass is 335 g/mol. The molecular formula is C16H21N3O3S. The van der Waals surface area contributed by atoms with Crippen LogP contribution in [-0.2, 0) is 14.4 Å². The maximum absolute atomic E-state index is 12.5. The molecule has 1 saturated heterocycles. The highest BCUT2D eigenvalue weighted by molar-refractivity contribution is 7.99. The van der Waals surface area contributed by atoms with Crippen LogP contribution in [0.15, 0.2) is 18.2 Å². The molecule has 0 aliphatic carbocycles. The zero-order valence-corrected chi connectivity index (χ0v) is 14.3. The average molecular weight is 335 g/mol. The molecule has 6 nitrogen and oxygen atoms in total. The summed E-state index contributed by atoms with van der Waals surface area (Å²) in [6.45, 7) is 5.11. The van der Waals surface area contributed by atoms with Crippen molar-refractivity contribution in [2.45, 2.75) is 33.2 Å². The van der Waals surface area contributed by atoms with Gasteiger partial charge >= 0.3 is 0 Å². The number of nitrogens with one attached hydrogen (secondary N) is 2. The maximum atomic E-state index is 12.5. The molecule has 23 heavy (non-hydrogen) atoms. The topological polar surface area (TPSA) is 78.5 Å². The van der Waals surface area contributed by atoms with Gasteiger partial charge in [0.05, 0.1) is 5.88 Å². The Bertz CT molecular complexity index is 633. The first-order valence-corrected chi connectivity index (χ1v) is 8.64. The number of amides is 3. The van der Waals surface area contributed by atoms with Gasteiger partial charge in [-0.3, -0.25) is 14.4 Å². The number of carbonyl (C=O) groups excluding carboxylic acids is 3. The van der Waals surface area contributed by atoms with Crippen molar-refractivity contribution in [3.63, 3.8) is 0 Å². The fourth-order valence-corrected chi connectivity index (χ4v) is 3.54. The Morgan fingerprint density at radius 2 is 2.04 bits per heavy atom. The summed E-state index contributed by atoms with van der Waals surface area (Å²) < 4.78 is 0. The summed E-state index contributed by atoms with van der Waals surface area (Å²) in [5, 5.41) is 5.57. The van der Waals surface area contributed by atoms with Crippen LogP contribution in [0.4, 0.5) is 11.4 Å². The van der Waals surface area contributed by atoms with E-state index >= 15 is 0 Å². The predicted octanol–water partition coefficient (Wildman–Crippen LogP) is 2.20. The fraction of sp³-hybridized carbons (Fsp3) is 0.438. The number of anilines is 2. The summed E-state index contributed by atoms with van der Waals surface area (Å²) in [6.07, 6.45) is 0.390. The van der Waals surface area contributed by atoms with Crippen LogP contribution in [0.3, 0.4) is 0 Å². The molecule has 2 rings (SSSR count). The van der Waals surface area contributed by atoms with Gasteiger partial charge in [0, 0.05) is 30.5 Å². The summed E-state index contributed by atoms with van der Waals surface area (Å²) in [4.78, 5) is 37.2. The second-order valence-corrected chi connectivity index (χ2v) is 6.43. The third-order valence-electron chi connectivity index (χ3n) is 3.62. The molecule has 0 saturated carbocycles. The SMILES string of the molecule is CCC(=O)N1CSC[C@H]1C(=O)Nc1cc(NC(C)=O)ccc1C. The second kappa shape index (κ2) is 7.50. The second-order valence-electron chi connectivity index (χ2n) is 5.43. The fourth-order valence-electron chi connectivity index (χ4n) is 2.36. The predicted molar refractivity (Wildman–Crippen MR) is 92.4 cm³/mol. The summed E-state index contributed by atoms with van der Waals surface area (Å²) in [5.41, 5.74) is 2.16. The molecule has 2 N–H and O–H groups in total. The van der Waals surface area contributed by atoms with Gasteiger partial charge in [0.15, 0.2) is 0 Å². The van der Waals surface area contributed by atoms with Crippen molar-refractivity contribution in [1.29, 1.82) is 0 Å². The molecule has 1 aromatic rings. The van der Waals surface area contributed by atoms with E-state index in [0.29, 0.717) is 29.4 Å². The number of hydrogen-bond acceptors (Lipinski definition) is 4. The van der Waals surface area contributed by atoms with Crippen LogP contribution in [-0.4, -0.2) is 40.3 Å². The number of thioether (sulfide) groups is 1. The van der Waals surface area contributed by atoms with E-state index in [-0.39, 0.29) is 17.7 Å². The third-order valence-corrected chi connectivity index (χ3v) is 4.64. The first-order chi connectivity index (χ1) is 10.9. The number of aryl methyl sites for hydroxylation is 1. The van der Waals surface area contributed by atoms with E-state index in [1.165, 1.54) is 6.92 Å². The molecule has 1 heterocycles. The third kappa shape index (κ3) is 4.25. The summed E-state index contributed by atoms with van der Waals surface area (Å²) >= 11 is 1.58. The van der Waals surface area contributed by atoms with Gasteiger partial charge in [-0.05, 0) is 24.6 Å². The molecule has 0 bridgehead atoms. The lowest BCUT2D eigenvalue weighted by Crippen LogP contribution is -2.44. The van der Waals surface area contributed by atoms with Crippen LogP contribution in [0.2, 0.25) is 0 Å². The van der Waals surface area contributed by atoms with Crippen molar-refractivity contribution in [3.8, 4) is 0 Å². The molecule has 1 atom stereocenters. The van der Waals surface area contributed by atoms with Crippen LogP contribution >= 0.6 is 11.8 Å². The van der Waals surface area contributed by atoms with Gasteiger partial charge in [0.2, 0.25) is 17.7 Å². The Kier molecular flexibility index (Phi) is 5.65. The molecule has 1 aliphatic heterocycles. The summed E-state index contributed by atoms with van der Waals surface area (Å²) in [6, 6.07) is 4.89. The number of nitrogens with zero attached hydrogens (tertiary/aromatic N) is 1. The van der Waals surface area contributed by atoms with Crippen LogP contribution < -0.4 is 10.6 Å². The van der Waals surface area contributed by atoms with E-state index in [9.17, 15) is 14.4 Å². The zero-order chi connectivity index (χ0) is 17.0. The average Bonchev–Trinajstić information content (AvgIpc) is 2.99. The van der Waals surface area contributed by atoms with E-state index < -0.39 is 6.04 Å². The van der Waals surface area contributed by atoms with Crippen molar-refractivity contribution >= 4 is 40.9 Å². The zero-order valence-electron chi connectivity index (χ0n) is 13.5. The molecule has 0 spiro atoms. The lowest BCUT2D eigenvalue weighted by atomic mass is 10.1. The van der Waals surface area contributed by atoms with Gasteiger partial charge in [0.25, 0.3) is 0 Å². The highest BCUT2D eigenvalue weighted by Gasteiger charge is 2.33. The highest BCUT2D eigenvalue weighted by atomic mass is 32.2. The molecule has 1 aliphatic rings. The van der Waals surface area contributed by atoms with E-state index in [0.717, 1.165) is 5.56 Å². The minimum absolute atomic E-state index is 0.0149. The Morgan fingerprint density at radius 1 is 1.30 bits per heavy atom. The number of hydrogen-bond donors (Lipinski definition) is 2. The Balaban J connectivity index is 2.13. The van der Waals surface area contributed by atoms with Crippen molar-refractivity contribution < 1.29 is 14.4 Å². The van der Waals surface area contributed by atoms with Crippen molar-refractivity contribution in [2.24, 2.45) is 0 Å². The minimum atomic E-state index is -0.448. The van der Waals surface area contributed by atoms with Gasteiger partial charge in [-0.25, -0.2) is 0 Å². The van der Waals surface area contributed by atoms with E-state index in [1.807, 2.05) is 13.0 Å². The molecule has 3 amide bonds. The standard InChI is InChI=1S/C16H21N3O3S/c1-4-15(21)19-9-23-8-14(19)16(22)18-13-7-12(17-11(3)20)6-5-10(13)2/h5-7,14H,4,8-9H2,1-3H3,(H,17,20)(H,18,22)/t14-/m0/s1. The highest BCUT2D eigenvalue weighted by Crippen LogP contribution is 2.25. The Labute approximate surface area is 140 Å². The van der Waals surface area contributed by atoms with Gasteiger partial charge in [-0.1, -0.05) is 13.0 Å². The molecule has 1 fully saturated rings. The number of benzene rings is 1. The molecular weight excluding hydrogens is 314 g/mol. The molecule has 0 unspecified atom stereocenters. The normalized spacial score (nSPS) is 17.0. The van der Waals surface area contributed by atoms with Crippen LogP contribution in [0.25, 0.3) is 0 Å². The molecule has 0 aromatic heterocycles. The first-order valence-electron chi connectivity index (χ1n) is 7.48. The van der Waals surface area contributed by atoms with Gasteiger partial charge in [-0.15, -0.1) is 11.8 Å². The van der Waals surface area contributed by atoms with Crippen molar-refractivity contribution in [1.82, 2.24) is 4.90 Å². The Morgan fingerprint density at radius 3 is 2.70 bits per heavy atom. The molecule has 0 radical (unpaired) electrons. The van der Waals surface area contributed by atoms with Crippen molar-refractivity contribution in [3.05, 3.63) is 23.8 Å². The molecule has 1 aromatic carbocycles. The number of rotatable bonds is 4. The van der Waals surface area contributed by atoms with Crippen LogP contribution in [0.5, 0.6) is 0 Å². The summed E-state index contributed by atoms with van der Waals surface area (Å²) in [7, 11) is 0. The quantitative estimate of drug-likeness (QED) is 0.884. The largest absolute Gasteiger partial charge is 0.326 e. The van der Waals surface area contributed by atoms with Gasteiger partial charge < -0.3 is 15.5 Å². The smallest absolute Gasteiger partial charge is 0.248 e. The van der Waals surface area contributed by atoms with Crippen LogP contribution in [0.1, 0.15) is 25.8 Å². The van der Waals surface area contributed by atoms with Crippen LogP contribution in [0, 0.1) is 6.92 Å². The molecule has 7 heteroatoms. The van der Waals surface area contributed by atoms with Gasteiger partial charge in [0.1, 0.15) is 6.04 Å². The minimum Gasteiger partial charge on any atom is -0.326 e. The van der Waals surface area contributed by atoms with E-state index in [2.05, 4.69) is 10.6 Å². The Hall–Kier alpha value is -2.02. The lowest BCUT2D eigenvalue weighted by Gasteiger charge is -2.23. The van der Waals surface area contributed by atoms with E-state index in [1.54, 1.807) is 35.7 Å². The number of carbonyl (C=O) groups is 3. The molecule has 124 valence electrons. The lowest BCUT2D eigenvalue weighted by molar-refractivity contribution is -0.135. The maximum Gasteiger partial charge on any atom is 0.248 e. The van der Waals surface area contributed by atoms with Crippen molar-refractivity contribution in [2.75, 3.05) is 22.3 Å². The van der Waals surface area contributed by atoms with E-state index in [4.69, 9.17) is 0 Å².